The highest BCUT2D eigenvalue weighted by Crippen LogP contribution is 2.24. The summed E-state index contributed by atoms with van der Waals surface area (Å²) in [7, 11) is 0. The lowest BCUT2D eigenvalue weighted by atomic mass is 9.97. The Balaban J connectivity index is 2.67. The lowest BCUT2D eigenvalue weighted by Crippen LogP contribution is -2.30. The van der Waals surface area contributed by atoms with Crippen LogP contribution in [0.25, 0.3) is 10.9 Å². The molecule has 0 saturated heterocycles. The summed E-state index contributed by atoms with van der Waals surface area (Å²) in [6.45, 7) is 5.88. The summed E-state index contributed by atoms with van der Waals surface area (Å²) in [5.41, 5.74) is 0.292. The average Bonchev–Trinajstić information content (AvgIpc) is 2.65. The Bertz CT molecular complexity index is 561. The number of hydrogen-bond donors (Lipinski definition) is 1. The number of nitrogens with zero attached hydrogens (tertiary/aromatic N) is 1. The van der Waals surface area contributed by atoms with Crippen LogP contribution in [-0.4, -0.2) is 21.1 Å². The van der Waals surface area contributed by atoms with Crippen LogP contribution in [-0.2, 0) is 6.54 Å². The molecule has 1 aromatic heterocycles. The predicted octanol–water partition coefficient (Wildman–Crippen LogP) is 2.61. The molecule has 0 atom stereocenters. The monoisotopic (exact) mass is 231 g/mol. The number of aliphatic hydroxyl groups is 1. The van der Waals surface area contributed by atoms with Crippen molar-refractivity contribution < 1.29 is 9.90 Å². The zero-order valence-electron chi connectivity index (χ0n) is 10.4. The molecule has 0 bridgehead atoms. The van der Waals surface area contributed by atoms with Gasteiger partial charge in [0.25, 0.3) is 0 Å². The zero-order valence-corrected chi connectivity index (χ0v) is 10.4. The van der Waals surface area contributed by atoms with Crippen LogP contribution >= 0.6 is 0 Å². The fraction of sp³-hybridized carbons (Fsp3) is 0.357. The van der Waals surface area contributed by atoms with Gasteiger partial charge in [-0.2, -0.15) is 0 Å². The zero-order chi connectivity index (χ0) is 12.6. The number of Topliss-reactive ketones (excluding diaryl/α,β-unsaturated/α-hetero) is 1. The minimum Gasteiger partial charge on any atom is -0.382 e. The fourth-order valence-corrected chi connectivity index (χ4v) is 2.02. The summed E-state index contributed by atoms with van der Waals surface area (Å²) >= 11 is 0. The van der Waals surface area contributed by atoms with E-state index in [1.165, 1.54) is 13.8 Å². The van der Waals surface area contributed by atoms with Gasteiger partial charge in [0.15, 0.2) is 5.78 Å². The van der Waals surface area contributed by atoms with Gasteiger partial charge in [-0.1, -0.05) is 18.2 Å². The van der Waals surface area contributed by atoms with E-state index in [1.54, 1.807) is 0 Å². The number of ketones is 1. The minimum atomic E-state index is -1.33. The Labute approximate surface area is 101 Å². The lowest BCUT2D eigenvalue weighted by molar-refractivity contribution is 0.0489. The highest BCUT2D eigenvalue weighted by atomic mass is 16.3. The minimum absolute atomic E-state index is 0.235. The van der Waals surface area contributed by atoms with E-state index < -0.39 is 5.60 Å². The number of benzene rings is 1. The standard InChI is InChI=1S/C14H17NO2/c1-4-15-9-11(13(16)14(2,3)17)10-7-5-6-8-12(10)15/h5-9,17H,4H2,1-3H3. The van der Waals surface area contributed by atoms with E-state index in [2.05, 4.69) is 0 Å². The maximum Gasteiger partial charge on any atom is 0.195 e. The van der Waals surface area contributed by atoms with Gasteiger partial charge < -0.3 is 9.67 Å². The maximum absolute atomic E-state index is 12.1. The number of carbonyl (C=O) groups excluding carboxylic acids is 1. The Morgan fingerprint density at radius 3 is 2.59 bits per heavy atom. The molecule has 3 nitrogen and oxygen atoms in total. The summed E-state index contributed by atoms with van der Waals surface area (Å²) in [5, 5.41) is 10.7. The van der Waals surface area contributed by atoms with Crippen molar-refractivity contribution in [2.75, 3.05) is 0 Å². The van der Waals surface area contributed by atoms with Crippen LogP contribution in [0.4, 0.5) is 0 Å². The molecule has 1 heterocycles. The molecule has 90 valence electrons. The van der Waals surface area contributed by atoms with Gasteiger partial charge in [-0.05, 0) is 26.8 Å². The van der Waals surface area contributed by atoms with Crippen LogP contribution < -0.4 is 0 Å². The molecule has 0 radical (unpaired) electrons. The Kier molecular flexibility index (Phi) is 2.79. The molecule has 0 fully saturated rings. The summed E-state index contributed by atoms with van der Waals surface area (Å²) < 4.78 is 2.02. The molecule has 1 aromatic carbocycles. The van der Waals surface area contributed by atoms with Crippen LogP contribution in [0.2, 0.25) is 0 Å². The third-order valence-corrected chi connectivity index (χ3v) is 2.93. The lowest BCUT2D eigenvalue weighted by Gasteiger charge is -2.14. The van der Waals surface area contributed by atoms with E-state index in [-0.39, 0.29) is 5.78 Å². The Morgan fingerprint density at radius 2 is 2.00 bits per heavy atom. The first kappa shape index (κ1) is 11.9. The Morgan fingerprint density at radius 1 is 1.35 bits per heavy atom. The van der Waals surface area contributed by atoms with Crippen molar-refractivity contribution in [3.8, 4) is 0 Å². The number of fused-ring (bicyclic) bond motifs is 1. The second-order valence-corrected chi connectivity index (χ2v) is 4.73. The molecule has 0 aliphatic heterocycles. The smallest absolute Gasteiger partial charge is 0.195 e. The van der Waals surface area contributed by atoms with E-state index >= 15 is 0 Å². The van der Waals surface area contributed by atoms with Crippen molar-refractivity contribution in [3.63, 3.8) is 0 Å². The fourth-order valence-electron chi connectivity index (χ4n) is 2.02. The molecule has 3 heteroatoms. The van der Waals surface area contributed by atoms with Crippen molar-refractivity contribution in [2.45, 2.75) is 32.9 Å². The van der Waals surface area contributed by atoms with Crippen molar-refractivity contribution in [3.05, 3.63) is 36.0 Å². The highest BCUT2D eigenvalue weighted by Gasteiger charge is 2.27. The van der Waals surface area contributed by atoms with E-state index in [0.29, 0.717) is 5.56 Å². The number of carbonyl (C=O) groups is 1. The van der Waals surface area contributed by atoms with E-state index in [0.717, 1.165) is 17.4 Å². The van der Waals surface area contributed by atoms with Gasteiger partial charge in [0, 0.05) is 29.2 Å². The van der Waals surface area contributed by atoms with Gasteiger partial charge in [-0.3, -0.25) is 4.79 Å². The van der Waals surface area contributed by atoms with Crippen LogP contribution in [0.3, 0.4) is 0 Å². The SMILES string of the molecule is CCn1cc(C(=O)C(C)(C)O)c2ccccc21. The molecule has 0 amide bonds. The first-order valence-electron chi connectivity index (χ1n) is 5.80. The summed E-state index contributed by atoms with van der Waals surface area (Å²) in [6.07, 6.45) is 1.82. The molecule has 0 spiro atoms. The van der Waals surface area contributed by atoms with E-state index in [4.69, 9.17) is 0 Å². The first-order chi connectivity index (χ1) is 7.95. The molecule has 0 saturated carbocycles. The third kappa shape index (κ3) is 1.98. The topological polar surface area (TPSA) is 42.2 Å². The van der Waals surface area contributed by atoms with Crippen molar-refractivity contribution in [1.82, 2.24) is 4.57 Å². The van der Waals surface area contributed by atoms with Gasteiger partial charge >= 0.3 is 0 Å². The highest BCUT2D eigenvalue weighted by molar-refractivity contribution is 6.11. The van der Waals surface area contributed by atoms with Crippen molar-refractivity contribution >= 4 is 16.7 Å². The molecule has 0 aliphatic carbocycles. The van der Waals surface area contributed by atoms with Crippen molar-refractivity contribution in [2.24, 2.45) is 0 Å². The third-order valence-electron chi connectivity index (χ3n) is 2.93. The molecule has 2 aromatic rings. The van der Waals surface area contributed by atoms with Gasteiger partial charge in [0.1, 0.15) is 5.60 Å². The number of hydrogen-bond acceptors (Lipinski definition) is 2. The quantitative estimate of drug-likeness (QED) is 0.825. The van der Waals surface area contributed by atoms with Crippen molar-refractivity contribution in [1.29, 1.82) is 0 Å². The molecule has 1 N–H and O–H groups in total. The summed E-state index contributed by atoms with van der Waals surface area (Å²) in [6, 6.07) is 7.76. The summed E-state index contributed by atoms with van der Waals surface area (Å²) in [4.78, 5) is 12.1. The molecular formula is C14H17NO2. The second-order valence-electron chi connectivity index (χ2n) is 4.73. The largest absolute Gasteiger partial charge is 0.382 e. The van der Waals surface area contributed by atoms with E-state index in [1.807, 2.05) is 42.0 Å². The van der Waals surface area contributed by atoms with Crippen LogP contribution in [0.15, 0.2) is 30.5 Å². The molecule has 0 unspecified atom stereocenters. The van der Waals surface area contributed by atoms with Crippen LogP contribution in [0.1, 0.15) is 31.1 Å². The van der Waals surface area contributed by atoms with Gasteiger partial charge in [-0.15, -0.1) is 0 Å². The normalized spacial score (nSPS) is 12.0. The van der Waals surface area contributed by atoms with Crippen LogP contribution in [0.5, 0.6) is 0 Å². The second kappa shape index (κ2) is 4.00. The molecule has 0 aliphatic rings. The molecule has 17 heavy (non-hydrogen) atoms. The maximum atomic E-state index is 12.1. The number of aromatic nitrogens is 1. The van der Waals surface area contributed by atoms with E-state index in [9.17, 15) is 9.90 Å². The molecular weight excluding hydrogens is 214 g/mol. The molecule has 2 rings (SSSR count). The Hall–Kier alpha value is -1.61. The number of rotatable bonds is 3. The predicted molar refractivity (Wildman–Crippen MR) is 68.2 cm³/mol. The number of aryl methyl sites for hydroxylation is 1. The van der Waals surface area contributed by atoms with Gasteiger partial charge in [-0.25, -0.2) is 0 Å². The first-order valence-corrected chi connectivity index (χ1v) is 5.80. The average molecular weight is 231 g/mol. The number of para-hydroxylation sites is 1. The van der Waals surface area contributed by atoms with Crippen LogP contribution in [0, 0.1) is 0 Å². The van der Waals surface area contributed by atoms with Gasteiger partial charge in [0.05, 0.1) is 0 Å². The summed E-state index contributed by atoms with van der Waals surface area (Å²) in [5.74, 6) is -0.235. The van der Waals surface area contributed by atoms with Gasteiger partial charge in [0.2, 0.25) is 0 Å².